The lowest BCUT2D eigenvalue weighted by Gasteiger charge is -2.28. The highest BCUT2D eigenvalue weighted by Gasteiger charge is 2.33. The number of amides is 1. The zero-order valence-electron chi connectivity index (χ0n) is 14.0. The van der Waals surface area contributed by atoms with Gasteiger partial charge < -0.3 is 9.47 Å². The molecule has 124 valence electrons. The van der Waals surface area contributed by atoms with Crippen LogP contribution in [0.25, 0.3) is 10.9 Å². The van der Waals surface area contributed by atoms with Crippen LogP contribution < -0.4 is 0 Å². The third kappa shape index (κ3) is 2.75. The highest BCUT2D eigenvalue weighted by Crippen LogP contribution is 2.40. The number of nitrogens with zero attached hydrogens (tertiary/aromatic N) is 2. The molecule has 3 nitrogen and oxygen atoms in total. The van der Waals surface area contributed by atoms with Gasteiger partial charge in [0.1, 0.15) is 6.67 Å². The number of alkyl halides is 1. The first-order valence-electron chi connectivity index (χ1n) is 8.60. The summed E-state index contributed by atoms with van der Waals surface area (Å²) < 4.78 is 15.1. The Kier molecular flexibility index (Phi) is 4.69. The van der Waals surface area contributed by atoms with E-state index in [-0.39, 0.29) is 18.5 Å². The molecule has 1 unspecified atom stereocenters. The van der Waals surface area contributed by atoms with Crippen molar-refractivity contribution in [2.45, 2.75) is 45.1 Å². The second kappa shape index (κ2) is 6.73. The minimum Gasteiger partial charge on any atom is -0.345 e. The highest BCUT2D eigenvalue weighted by molar-refractivity contribution is 5.94. The molecule has 1 aromatic heterocycles. The lowest BCUT2D eigenvalue weighted by Crippen LogP contribution is -2.34. The van der Waals surface area contributed by atoms with Crippen LogP contribution in [0.1, 0.15) is 43.4 Å². The molecule has 1 aliphatic carbocycles. The first-order valence-corrected chi connectivity index (χ1v) is 8.60. The lowest BCUT2D eigenvalue weighted by molar-refractivity contribution is -0.131. The largest absolute Gasteiger partial charge is 0.345 e. The molecular weight excluding hydrogens is 291 g/mol. The van der Waals surface area contributed by atoms with Gasteiger partial charge in [0, 0.05) is 30.2 Å². The van der Waals surface area contributed by atoms with Crippen LogP contribution >= 0.6 is 0 Å². The van der Waals surface area contributed by atoms with E-state index in [4.69, 9.17) is 0 Å². The van der Waals surface area contributed by atoms with E-state index in [2.05, 4.69) is 17.6 Å². The molecule has 1 atom stereocenters. The number of aryl methyl sites for hydroxylation is 1. The Labute approximate surface area is 137 Å². The molecule has 3 rings (SSSR count). The van der Waals surface area contributed by atoms with Gasteiger partial charge in [0.15, 0.2) is 0 Å². The molecule has 0 N–H and O–H groups in total. The molecule has 0 bridgehead atoms. The van der Waals surface area contributed by atoms with E-state index in [1.165, 1.54) is 5.69 Å². The van der Waals surface area contributed by atoms with Crippen LogP contribution in [0.3, 0.4) is 0 Å². The Bertz CT molecular complexity index is 707. The Morgan fingerprint density at radius 3 is 2.91 bits per heavy atom. The Morgan fingerprint density at radius 1 is 1.39 bits per heavy atom. The first kappa shape index (κ1) is 16.0. The number of likely N-dealkylation sites (N-methyl/N-ethyl adjacent to an activating group) is 1. The zero-order chi connectivity index (χ0) is 16.4. The van der Waals surface area contributed by atoms with E-state index in [0.717, 1.165) is 48.7 Å². The number of halogens is 1. The molecule has 0 fully saturated rings. The summed E-state index contributed by atoms with van der Waals surface area (Å²) in [5.74, 6) is 0.122. The maximum Gasteiger partial charge on any atom is 0.229 e. The number of rotatable bonds is 5. The smallest absolute Gasteiger partial charge is 0.229 e. The van der Waals surface area contributed by atoms with E-state index < -0.39 is 0 Å². The van der Waals surface area contributed by atoms with Crippen molar-refractivity contribution < 1.29 is 9.18 Å². The summed E-state index contributed by atoms with van der Waals surface area (Å²) in [5, 5.41) is 1.12. The van der Waals surface area contributed by atoms with E-state index in [9.17, 15) is 9.18 Å². The number of hydrogen-bond acceptors (Lipinski definition) is 1. The van der Waals surface area contributed by atoms with Gasteiger partial charge in [0.25, 0.3) is 0 Å². The van der Waals surface area contributed by atoms with Crippen molar-refractivity contribution in [2.75, 3.05) is 20.3 Å². The predicted molar refractivity (Wildman–Crippen MR) is 91.5 cm³/mol. The van der Waals surface area contributed by atoms with E-state index in [1.807, 2.05) is 30.1 Å². The van der Waals surface area contributed by atoms with Gasteiger partial charge in [-0.2, -0.15) is 0 Å². The average Bonchev–Trinajstić information content (AvgIpc) is 2.89. The maximum absolute atomic E-state index is 13.0. The Balaban J connectivity index is 2.11. The van der Waals surface area contributed by atoms with Crippen LogP contribution in [-0.4, -0.2) is 35.6 Å². The molecular formula is C19H25FN2O. The molecule has 1 aliphatic rings. The maximum atomic E-state index is 13.0. The normalized spacial score (nSPS) is 17.3. The lowest BCUT2D eigenvalue weighted by atomic mass is 9.84. The minimum atomic E-state index is -0.376. The van der Waals surface area contributed by atoms with Crippen molar-refractivity contribution >= 4 is 16.8 Å². The van der Waals surface area contributed by atoms with Gasteiger partial charge in [0.05, 0.1) is 12.5 Å². The van der Waals surface area contributed by atoms with Gasteiger partial charge in [-0.3, -0.25) is 4.79 Å². The van der Waals surface area contributed by atoms with Crippen LogP contribution in [-0.2, 0) is 17.8 Å². The number of aromatic nitrogens is 1. The Hall–Kier alpha value is -1.84. The van der Waals surface area contributed by atoms with Gasteiger partial charge in [-0.15, -0.1) is 0 Å². The predicted octanol–water partition coefficient (Wildman–Crippen LogP) is 3.90. The zero-order valence-corrected chi connectivity index (χ0v) is 14.0. The van der Waals surface area contributed by atoms with E-state index in [0.29, 0.717) is 6.54 Å². The summed E-state index contributed by atoms with van der Waals surface area (Å²) in [6.07, 6.45) is 3.78. The van der Waals surface area contributed by atoms with Gasteiger partial charge in [-0.05, 0) is 37.3 Å². The van der Waals surface area contributed by atoms with Crippen molar-refractivity contribution in [3.8, 4) is 0 Å². The second-order valence-corrected chi connectivity index (χ2v) is 6.42. The number of para-hydroxylation sites is 1. The minimum absolute atomic E-state index is 0.0824. The van der Waals surface area contributed by atoms with Crippen molar-refractivity contribution in [3.63, 3.8) is 0 Å². The average molecular weight is 316 g/mol. The fraction of sp³-hybridized carbons (Fsp3) is 0.526. The fourth-order valence-corrected chi connectivity index (χ4v) is 3.96. The first-order chi connectivity index (χ1) is 11.2. The Morgan fingerprint density at radius 2 is 2.17 bits per heavy atom. The van der Waals surface area contributed by atoms with Gasteiger partial charge in [-0.25, -0.2) is 4.39 Å². The quantitative estimate of drug-likeness (QED) is 0.821. The molecule has 0 aliphatic heterocycles. The van der Waals surface area contributed by atoms with Gasteiger partial charge in [0.2, 0.25) is 5.91 Å². The van der Waals surface area contributed by atoms with E-state index >= 15 is 0 Å². The van der Waals surface area contributed by atoms with Crippen molar-refractivity contribution in [2.24, 2.45) is 0 Å². The SMILES string of the molecule is CCCN(C)C(=O)C1CCCc2c1c1ccccc1n2CCF. The van der Waals surface area contributed by atoms with Crippen molar-refractivity contribution in [3.05, 3.63) is 35.5 Å². The number of benzene rings is 1. The second-order valence-electron chi connectivity index (χ2n) is 6.42. The molecule has 1 amide bonds. The fourth-order valence-electron chi connectivity index (χ4n) is 3.96. The third-order valence-corrected chi connectivity index (χ3v) is 4.92. The molecule has 0 radical (unpaired) electrons. The number of carbonyl (C=O) groups is 1. The summed E-state index contributed by atoms with van der Waals surface area (Å²) in [6.45, 7) is 2.87. The molecule has 1 aromatic carbocycles. The van der Waals surface area contributed by atoms with Crippen LogP contribution in [0.4, 0.5) is 4.39 Å². The number of fused-ring (bicyclic) bond motifs is 3. The van der Waals surface area contributed by atoms with Gasteiger partial charge >= 0.3 is 0 Å². The summed E-state index contributed by atoms with van der Waals surface area (Å²) in [4.78, 5) is 14.8. The number of carbonyl (C=O) groups excluding carboxylic acids is 1. The van der Waals surface area contributed by atoms with Gasteiger partial charge in [-0.1, -0.05) is 25.1 Å². The topological polar surface area (TPSA) is 25.2 Å². The van der Waals surface area contributed by atoms with Crippen LogP contribution in [0, 0.1) is 0 Å². The summed E-state index contributed by atoms with van der Waals surface area (Å²) >= 11 is 0. The number of hydrogen-bond donors (Lipinski definition) is 0. The van der Waals surface area contributed by atoms with Crippen molar-refractivity contribution in [1.82, 2.24) is 9.47 Å². The van der Waals surface area contributed by atoms with Crippen LogP contribution in [0.15, 0.2) is 24.3 Å². The summed E-state index contributed by atoms with van der Waals surface area (Å²) in [5.41, 5.74) is 3.37. The molecule has 0 saturated heterocycles. The molecule has 4 heteroatoms. The monoisotopic (exact) mass is 316 g/mol. The highest BCUT2D eigenvalue weighted by atomic mass is 19.1. The molecule has 0 saturated carbocycles. The molecule has 2 aromatic rings. The van der Waals surface area contributed by atoms with Crippen LogP contribution in [0.5, 0.6) is 0 Å². The molecule has 23 heavy (non-hydrogen) atoms. The van der Waals surface area contributed by atoms with Crippen LogP contribution in [0.2, 0.25) is 0 Å². The third-order valence-electron chi connectivity index (χ3n) is 4.92. The molecule has 1 heterocycles. The molecule has 0 spiro atoms. The standard InChI is InChI=1S/C19H25FN2O/c1-3-12-21(2)19(23)15-8-6-10-17-18(15)14-7-4-5-9-16(14)22(17)13-11-20/h4-5,7,9,15H,3,6,8,10-13H2,1-2H3. The van der Waals surface area contributed by atoms with E-state index in [1.54, 1.807) is 0 Å². The summed E-state index contributed by atoms with van der Waals surface area (Å²) in [6, 6.07) is 8.12. The summed E-state index contributed by atoms with van der Waals surface area (Å²) in [7, 11) is 1.89. The van der Waals surface area contributed by atoms with Crippen molar-refractivity contribution in [1.29, 1.82) is 0 Å².